The second-order valence-corrected chi connectivity index (χ2v) is 7.62. The van der Waals surface area contributed by atoms with Gasteiger partial charge in [0.25, 0.3) is 0 Å². The van der Waals surface area contributed by atoms with Crippen LogP contribution in [0.2, 0.25) is 5.02 Å². The number of nitrogen functional groups attached to an aromatic ring is 1. The summed E-state index contributed by atoms with van der Waals surface area (Å²) in [6.07, 6.45) is 0. The molecule has 0 amide bonds. The largest absolute Gasteiger partial charge is 0.396 e. The van der Waals surface area contributed by atoms with Gasteiger partial charge in [-0.25, -0.2) is 0 Å². The fourth-order valence-electron chi connectivity index (χ4n) is 2.08. The average molecular weight is 396 g/mol. The number of anilines is 1. The SMILES string of the molecule is N#Cc1sc(-c2cc(Cl)cc(Br)c2)c(-c2cccs2)c1N. The molecule has 2 heterocycles. The normalized spacial score (nSPS) is 10.5. The highest BCUT2D eigenvalue weighted by Gasteiger charge is 2.20. The summed E-state index contributed by atoms with van der Waals surface area (Å²) in [5.41, 5.74) is 8.58. The number of hydrogen-bond donors (Lipinski definition) is 1. The summed E-state index contributed by atoms with van der Waals surface area (Å²) < 4.78 is 0.896. The number of nitrogens with two attached hydrogens (primary N) is 1. The molecule has 0 saturated heterocycles. The Bertz CT molecular complexity index is 827. The lowest BCUT2D eigenvalue weighted by molar-refractivity contribution is 1.52. The van der Waals surface area contributed by atoms with E-state index >= 15 is 0 Å². The minimum atomic E-state index is 0.532. The Labute approximate surface area is 143 Å². The van der Waals surface area contributed by atoms with Gasteiger partial charge >= 0.3 is 0 Å². The first-order valence-electron chi connectivity index (χ1n) is 5.93. The van der Waals surface area contributed by atoms with Gasteiger partial charge in [0, 0.05) is 24.8 Å². The van der Waals surface area contributed by atoms with E-state index in [1.54, 1.807) is 11.3 Å². The van der Waals surface area contributed by atoms with Gasteiger partial charge in [0.2, 0.25) is 0 Å². The lowest BCUT2D eigenvalue weighted by Crippen LogP contribution is -1.87. The van der Waals surface area contributed by atoms with E-state index in [0.29, 0.717) is 15.6 Å². The zero-order valence-corrected chi connectivity index (χ0v) is 14.5. The molecule has 0 aliphatic rings. The van der Waals surface area contributed by atoms with Crippen LogP contribution in [0.4, 0.5) is 5.69 Å². The molecular weight excluding hydrogens is 388 g/mol. The van der Waals surface area contributed by atoms with Crippen LogP contribution >= 0.6 is 50.2 Å². The Morgan fingerprint density at radius 2 is 2.10 bits per heavy atom. The molecule has 0 bridgehead atoms. The maximum absolute atomic E-state index is 9.26. The van der Waals surface area contributed by atoms with Crippen LogP contribution < -0.4 is 5.73 Å². The van der Waals surface area contributed by atoms with Crippen LogP contribution in [0.5, 0.6) is 0 Å². The van der Waals surface area contributed by atoms with E-state index in [1.165, 1.54) is 11.3 Å². The van der Waals surface area contributed by atoms with Crippen LogP contribution in [-0.2, 0) is 0 Å². The number of thiophene rings is 2. The molecule has 0 atom stereocenters. The molecule has 0 spiro atoms. The van der Waals surface area contributed by atoms with Crippen LogP contribution in [0.1, 0.15) is 4.88 Å². The fourth-order valence-corrected chi connectivity index (χ4v) is 4.82. The molecule has 0 aliphatic heterocycles. The van der Waals surface area contributed by atoms with Gasteiger partial charge in [0.1, 0.15) is 10.9 Å². The molecule has 0 unspecified atom stereocenters. The highest BCUT2D eigenvalue weighted by atomic mass is 79.9. The van der Waals surface area contributed by atoms with Gasteiger partial charge in [-0.05, 0) is 35.2 Å². The lowest BCUT2D eigenvalue weighted by atomic mass is 10.1. The highest BCUT2D eigenvalue weighted by molar-refractivity contribution is 9.10. The number of rotatable bonds is 2. The topological polar surface area (TPSA) is 49.8 Å². The second-order valence-electron chi connectivity index (χ2n) is 4.30. The maximum atomic E-state index is 9.26. The molecule has 1 aromatic carbocycles. The highest BCUT2D eigenvalue weighted by Crippen LogP contribution is 2.47. The number of hydrogen-bond acceptors (Lipinski definition) is 4. The molecule has 2 N–H and O–H groups in total. The third-order valence-electron chi connectivity index (χ3n) is 2.94. The Hall–Kier alpha value is -1.32. The monoisotopic (exact) mass is 394 g/mol. The van der Waals surface area contributed by atoms with E-state index < -0.39 is 0 Å². The lowest BCUT2D eigenvalue weighted by Gasteiger charge is -2.05. The van der Waals surface area contributed by atoms with Crippen molar-refractivity contribution in [3.05, 3.63) is 50.1 Å². The van der Waals surface area contributed by atoms with Crippen molar-refractivity contribution in [2.75, 3.05) is 5.73 Å². The van der Waals surface area contributed by atoms with E-state index in [4.69, 9.17) is 17.3 Å². The Balaban J connectivity index is 2.30. The van der Waals surface area contributed by atoms with Crippen molar-refractivity contribution in [2.45, 2.75) is 0 Å². The first-order valence-corrected chi connectivity index (χ1v) is 8.79. The maximum Gasteiger partial charge on any atom is 0.129 e. The summed E-state index contributed by atoms with van der Waals surface area (Å²) in [5, 5.41) is 11.9. The summed E-state index contributed by atoms with van der Waals surface area (Å²) in [5.74, 6) is 0. The molecule has 0 aliphatic carbocycles. The van der Waals surface area contributed by atoms with Gasteiger partial charge in [-0.15, -0.1) is 22.7 Å². The number of benzene rings is 1. The van der Waals surface area contributed by atoms with Crippen molar-refractivity contribution in [2.24, 2.45) is 0 Å². The smallest absolute Gasteiger partial charge is 0.129 e. The van der Waals surface area contributed by atoms with Crippen molar-refractivity contribution in [3.63, 3.8) is 0 Å². The Kier molecular flexibility index (Phi) is 4.05. The third kappa shape index (κ3) is 2.72. The van der Waals surface area contributed by atoms with Crippen LogP contribution in [0.25, 0.3) is 20.9 Å². The van der Waals surface area contributed by atoms with Crippen molar-refractivity contribution < 1.29 is 0 Å². The fraction of sp³-hybridized carbons (Fsp3) is 0. The van der Waals surface area contributed by atoms with Crippen LogP contribution in [0, 0.1) is 11.3 Å². The first kappa shape index (κ1) is 14.6. The van der Waals surface area contributed by atoms with Crippen LogP contribution in [0.15, 0.2) is 40.2 Å². The van der Waals surface area contributed by atoms with Gasteiger partial charge in [-0.2, -0.15) is 5.26 Å². The summed E-state index contributed by atoms with van der Waals surface area (Å²) >= 11 is 12.6. The molecule has 21 heavy (non-hydrogen) atoms. The molecule has 104 valence electrons. The molecule has 0 saturated carbocycles. The minimum Gasteiger partial charge on any atom is -0.396 e. The van der Waals surface area contributed by atoms with E-state index in [2.05, 4.69) is 22.0 Å². The third-order valence-corrected chi connectivity index (χ3v) is 5.66. The summed E-state index contributed by atoms with van der Waals surface area (Å²) in [7, 11) is 0. The molecule has 2 aromatic heterocycles. The van der Waals surface area contributed by atoms with E-state index in [-0.39, 0.29) is 0 Å². The number of nitriles is 1. The molecule has 0 radical (unpaired) electrons. The summed E-state index contributed by atoms with van der Waals surface area (Å²) in [6, 6.07) is 11.8. The van der Waals surface area contributed by atoms with E-state index in [1.807, 2.05) is 35.7 Å². The Morgan fingerprint density at radius 3 is 2.71 bits per heavy atom. The quantitative estimate of drug-likeness (QED) is 0.577. The zero-order chi connectivity index (χ0) is 15.0. The molecule has 2 nitrogen and oxygen atoms in total. The van der Waals surface area contributed by atoms with Gasteiger partial charge in [-0.3, -0.25) is 0 Å². The predicted molar refractivity (Wildman–Crippen MR) is 94.9 cm³/mol. The van der Waals surface area contributed by atoms with Crippen LogP contribution in [0.3, 0.4) is 0 Å². The minimum absolute atomic E-state index is 0.532. The molecule has 0 fully saturated rings. The molecule has 3 rings (SSSR count). The van der Waals surface area contributed by atoms with Crippen molar-refractivity contribution in [3.8, 4) is 27.0 Å². The predicted octanol–water partition coefficient (Wildman–Crippen LogP) is 6.01. The standard InChI is InChI=1S/C15H8BrClN2S2/c16-9-4-8(5-10(17)6-9)15-13(11-2-1-3-20-11)14(19)12(7-18)21-15/h1-6H,19H2. The summed E-state index contributed by atoms with van der Waals surface area (Å²) in [6.45, 7) is 0. The van der Waals surface area contributed by atoms with Gasteiger partial charge in [0.15, 0.2) is 0 Å². The molecular formula is C15H8BrClN2S2. The molecule has 6 heteroatoms. The van der Waals surface area contributed by atoms with E-state index in [0.717, 1.165) is 25.4 Å². The van der Waals surface area contributed by atoms with Crippen molar-refractivity contribution in [1.82, 2.24) is 0 Å². The van der Waals surface area contributed by atoms with Crippen LogP contribution in [-0.4, -0.2) is 0 Å². The van der Waals surface area contributed by atoms with Crippen molar-refractivity contribution in [1.29, 1.82) is 5.26 Å². The average Bonchev–Trinajstić information content (AvgIpc) is 3.04. The van der Waals surface area contributed by atoms with E-state index in [9.17, 15) is 5.26 Å². The second kappa shape index (κ2) is 5.82. The first-order chi connectivity index (χ1) is 10.1. The van der Waals surface area contributed by atoms with Gasteiger partial charge in [-0.1, -0.05) is 33.6 Å². The molecule has 3 aromatic rings. The number of halogens is 2. The Morgan fingerprint density at radius 1 is 1.29 bits per heavy atom. The van der Waals surface area contributed by atoms with Crippen molar-refractivity contribution >= 4 is 55.9 Å². The zero-order valence-electron chi connectivity index (χ0n) is 10.6. The van der Waals surface area contributed by atoms with Gasteiger partial charge < -0.3 is 5.73 Å². The number of nitrogens with zero attached hydrogens (tertiary/aromatic N) is 1. The summed E-state index contributed by atoms with van der Waals surface area (Å²) in [4.78, 5) is 2.55. The van der Waals surface area contributed by atoms with Gasteiger partial charge in [0.05, 0.1) is 5.69 Å².